The number of rotatable bonds is 7. The van der Waals surface area contributed by atoms with Crippen LogP contribution >= 0.6 is 0 Å². The lowest BCUT2D eigenvalue weighted by Gasteiger charge is -2.27. The smallest absolute Gasteiger partial charge is 0.164 e. The number of hydrogen-bond donors (Lipinski definition) is 0. The molecule has 3 rings (SSSR count). The van der Waals surface area contributed by atoms with Crippen LogP contribution in [0, 0.1) is 23.4 Å². The van der Waals surface area contributed by atoms with Gasteiger partial charge in [0.25, 0.3) is 0 Å². The first-order chi connectivity index (χ1) is 14.4. The highest BCUT2D eigenvalue weighted by molar-refractivity contribution is 6.58. The number of hydrogen-bond acceptors (Lipinski definition) is 0. The van der Waals surface area contributed by atoms with Crippen molar-refractivity contribution in [3.8, 4) is 11.1 Å². The molecule has 0 bridgehead atoms. The molecule has 0 amide bonds. The van der Waals surface area contributed by atoms with Gasteiger partial charge in [-0.25, -0.2) is 22.0 Å². The lowest BCUT2D eigenvalue weighted by atomic mass is 9.93. The first-order valence-corrected chi connectivity index (χ1v) is 12.6. The third-order valence-corrected chi connectivity index (χ3v) is 9.18. The Labute approximate surface area is 176 Å². The summed E-state index contributed by atoms with van der Waals surface area (Å²) in [5.74, 6) is -4.09. The highest BCUT2D eigenvalue weighted by Crippen LogP contribution is 2.33. The molecule has 2 aromatic carbocycles. The molecule has 0 nitrogen and oxygen atoms in total. The van der Waals surface area contributed by atoms with Crippen molar-refractivity contribution in [1.82, 2.24) is 0 Å². The highest BCUT2D eigenvalue weighted by Gasteiger charge is 2.22. The van der Waals surface area contributed by atoms with Gasteiger partial charge in [0, 0.05) is 14.4 Å². The van der Waals surface area contributed by atoms with E-state index in [0.29, 0.717) is 5.92 Å². The summed E-state index contributed by atoms with van der Waals surface area (Å²) in [7, 11) is -0.142. The first-order valence-electron chi connectivity index (χ1n) is 10.5. The molecule has 1 radical (unpaired) electrons. The van der Waals surface area contributed by atoms with Crippen LogP contribution < -0.4 is 0 Å². The molecule has 0 unspecified atom stereocenters. The molecular formula is C24H26F5Si. The molecule has 0 saturated carbocycles. The van der Waals surface area contributed by atoms with E-state index in [2.05, 4.69) is 6.92 Å². The van der Waals surface area contributed by atoms with Gasteiger partial charge in [0.15, 0.2) is 5.83 Å². The van der Waals surface area contributed by atoms with Gasteiger partial charge < -0.3 is 0 Å². The van der Waals surface area contributed by atoms with Gasteiger partial charge in [-0.05, 0) is 48.1 Å². The Kier molecular flexibility index (Phi) is 7.86. The molecule has 1 fully saturated rings. The Bertz CT molecular complexity index is 877. The fourth-order valence-corrected chi connectivity index (χ4v) is 7.40. The van der Waals surface area contributed by atoms with E-state index in [1.54, 1.807) is 6.07 Å². The third-order valence-electron chi connectivity index (χ3n) is 5.98. The summed E-state index contributed by atoms with van der Waals surface area (Å²) in [6.45, 7) is 2.25. The standard InChI is InChI=1S/C24H26F5Si/c1-2-9-30-10-7-16(8-11-30)3-4-17-5-6-19(20(26)12-17)18-13-21(27)24(22(28)14-18)23(29)15-25/h5-6,12-16H,2-4,7-11H2,1H3/b23-15-. The van der Waals surface area contributed by atoms with Crippen LogP contribution in [0.2, 0.25) is 18.1 Å². The minimum absolute atomic E-state index is 0.0252. The van der Waals surface area contributed by atoms with Crippen molar-refractivity contribution in [2.45, 2.75) is 57.2 Å². The summed E-state index contributed by atoms with van der Waals surface area (Å²) in [5, 5.41) is 0. The van der Waals surface area contributed by atoms with Gasteiger partial charge >= 0.3 is 0 Å². The predicted molar refractivity (Wildman–Crippen MR) is 113 cm³/mol. The molecule has 161 valence electrons. The van der Waals surface area contributed by atoms with Crippen LogP contribution in [0.15, 0.2) is 36.7 Å². The van der Waals surface area contributed by atoms with Crippen LogP contribution in [0.3, 0.4) is 0 Å². The zero-order chi connectivity index (χ0) is 21.7. The van der Waals surface area contributed by atoms with Gasteiger partial charge in [-0.15, -0.1) is 0 Å². The van der Waals surface area contributed by atoms with Gasteiger partial charge in [-0.3, -0.25) is 0 Å². The zero-order valence-corrected chi connectivity index (χ0v) is 18.1. The van der Waals surface area contributed by atoms with Gasteiger partial charge in [0.2, 0.25) is 0 Å². The van der Waals surface area contributed by atoms with Crippen molar-refractivity contribution in [2.75, 3.05) is 0 Å². The number of benzene rings is 2. The van der Waals surface area contributed by atoms with Crippen LogP contribution in [-0.4, -0.2) is 8.80 Å². The number of halogens is 5. The summed E-state index contributed by atoms with van der Waals surface area (Å²) in [6, 6.07) is 10.4. The predicted octanol–water partition coefficient (Wildman–Crippen LogP) is 8.26. The molecule has 0 aromatic heterocycles. The molecule has 2 aromatic rings. The molecule has 0 aliphatic carbocycles. The van der Waals surface area contributed by atoms with E-state index in [-0.39, 0.29) is 19.9 Å². The van der Waals surface area contributed by atoms with Gasteiger partial charge in [-0.2, -0.15) is 0 Å². The largest absolute Gasteiger partial charge is 0.212 e. The average Bonchev–Trinajstić information content (AvgIpc) is 2.72. The Hall–Kier alpha value is -1.95. The Morgan fingerprint density at radius 3 is 2.27 bits per heavy atom. The Balaban J connectivity index is 1.67. The molecule has 0 spiro atoms. The molecule has 1 aliphatic rings. The van der Waals surface area contributed by atoms with Gasteiger partial charge in [0.1, 0.15) is 23.8 Å². The first kappa shape index (κ1) is 22.7. The summed E-state index contributed by atoms with van der Waals surface area (Å²) < 4.78 is 68.3. The topological polar surface area (TPSA) is 0 Å². The van der Waals surface area contributed by atoms with E-state index in [1.165, 1.54) is 49.5 Å². The van der Waals surface area contributed by atoms with Gasteiger partial charge in [-0.1, -0.05) is 56.5 Å². The van der Waals surface area contributed by atoms with E-state index in [0.717, 1.165) is 30.5 Å². The van der Waals surface area contributed by atoms with Crippen molar-refractivity contribution in [3.05, 3.63) is 65.2 Å². The van der Waals surface area contributed by atoms with Crippen molar-refractivity contribution in [3.63, 3.8) is 0 Å². The van der Waals surface area contributed by atoms with Crippen molar-refractivity contribution in [1.29, 1.82) is 0 Å². The highest BCUT2D eigenvalue weighted by atomic mass is 28.3. The van der Waals surface area contributed by atoms with E-state index in [9.17, 15) is 22.0 Å². The molecular weight excluding hydrogens is 411 g/mol. The Morgan fingerprint density at radius 1 is 1.03 bits per heavy atom. The minimum atomic E-state index is -1.64. The van der Waals surface area contributed by atoms with E-state index >= 15 is 0 Å². The lowest BCUT2D eigenvalue weighted by Crippen LogP contribution is -2.21. The van der Waals surface area contributed by atoms with Crippen LogP contribution in [0.5, 0.6) is 0 Å². The molecule has 0 N–H and O–H groups in total. The lowest BCUT2D eigenvalue weighted by molar-refractivity contribution is 0.437. The zero-order valence-electron chi connectivity index (χ0n) is 17.1. The monoisotopic (exact) mass is 437 g/mol. The normalized spacial score (nSPS) is 16.3. The van der Waals surface area contributed by atoms with E-state index in [4.69, 9.17) is 0 Å². The molecule has 1 aliphatic heterocycles. The SMILES string of the molecule is CCC[Si]1CCC(CCc2ccc(-c3cc(F)c(/C(F)=C/F)c(F)c3)c(F)c2)CC1. The van der Waals surface area contributed by atoms with Crippen molar-refractivity contribution >= 4 is 14.6 Å². The summed E-state index contributed by atoms with van der Waals surface area (Å²) >= 11 is 0. The fraction of sp³-hybridized carbons (Fsp3) is 0.417. The van der Waals surface area contributed by atoms with E-state index in [1.807, 2.05) is 0 Å². The molecule has 6 heteroatoms. The molecule has 1 saturated heterocycles. The quantitative estimate of drug-likeness (QED) is 0.302. The van der Waals surface area contributed by atoms with Crippen LogP contribution in [0.1, 0.15) is 43.7 Å². The summed E-state index contributed by atoms with van der Waals surface area (Å²) in [5.41, 5.74) is -0.265. The maximum absolute atomic E-state index is 14.6. The summed E-state index contributed by atoms with van der Waals surface area (Å²) in [6.07, 6.45) is 5.10. The van der Waals surface area contributed by atoms with Crippen LogP contribution in [0.25, 0.3) is 17.0 Å². The average molecular weight is 438 g/mol. The molecule has 30 heavy (non-hydrogen) atoms. The molecule has 0 atom stereocenters. The molecule has 1 heterocycles. The van der Waals surface area contributed by atoms with Crippen molar-refractivity contribution < 1.29 is 22.0 Å². The summed E-state index contributed by atoms with van der Waals surface area (Å²) in [4.78, 5) is 0. The third kappa shape index (κ3) is 5.39. The van der Waals surface area contributed by atoms with Gasteiger partial charge in [0.05, 0.1) is 5.56 Å². The maximum atomic E-state index is 14.6. The Morgan fingerprint density at radius 2 is 1.70 bits per heavy atom. The maximum Gasteiger partial charge on any atom is 0.164 e. The second-order valence-electron chi connectivity index (χ2n) is 8.07. The second kappa shape index (κ2) is 10.4. The van der Waals surface area contributed by atoms with Crippen LogP contribution in [-0.2, 0) is 6.42 Å². The second-order valence-corrected chi connectivity index (χ2v) is 11.1. The van der Waals surface area contributed by atoms with Crippen LogP contribution in [0.4, 0.5) is 22.0 Å². The minimum Gasteiger partial charge on any atom is -0.212 e. The fourth-order valence-electron chi connectivity index (χ4n) is 4.31. The number of aryl methyl sites for hydroxylation is 1. The van der Waals surface area contributed by atoms with E-state index < -0.39 is 35.2 Å². The van der Waals surface area contributed by atoms with Crippen molar-refractivity contribution in [2.24, 2.45) is 5.92 Å².